The van der Waals surface area contributed by atoms with Gasteiger partial charge in [-0.25, -0.2) is 4.98 Å². The van der Waals surface area contributed by atoms with Gasteiger partial charge in [-0.3, -0.25) is 4.79 Å². The zero-order valence-corrected chi connectivity index (χ0v) is 15.0. The van der Waals surface area contributed by atoms with E-state index in [1.165, 1.54) is 6.20 Å². The minimum atomic E-state index is -0.395. The molecule has 0 aliphatic heterocycles. The van der Waals surface area contributed by atoms with Crippen molar-refractivity contribution in [2.75, 3.05) is 14.1 Å². The van der Waals surface area contributed by atoms with Gasteiger partial charge in [0.1, 0.15) is 5.69 Å². The quantitative estimate of drug-likeness (QED) is 0.862. The fourth-order valence-corrected chi connectivity index (χ4v) is 2.65. The SMILES string of the molecule is CN(C)Cc1ccccc1CNC(=O)c1ncc(Cl)c(Cl)c1Cl. The standard InChI is InChI=1S/C16H16Cl3N3O/c1-22(2)9-11-6-4-3-5-10(11)7-21-16(23)15-14(19)13(18)12(17)8-20-15/h3-6,8H,7,9H2,1-2H3,(H,21,23). The molecule has 23 heavy (non-hydrogen) atoms. The summed E-state index contributed by atoms with van der Waals surface area (Å²) < 4.78 is 0. The van der Waals surface area contributed by atoms with Crippen LogP contribution in [0.1, 0.15) is 21.6 Å². The molecule has 1 aromatic heterocycles. The van der Waals surface area contributed by atoms with E-state index in [0.29, 0.717) is 6.54 Å². The average Bonchev–Trinajstić information content (AvgIpc) is 2.51. The van der Waals surface area contributed by atoms with Gasteiger partial charge in [0, 0.05) is 19.3 Å². The molecule has 0 aliphatic rings. The number of nitrogens with zero attached hydrogens (tertiary/aromatic N) is 2. The molecule has 4 nitrogen and oxygen atoms in total. The van der Waals surface area contributed by atoms with Crippen molar-refractivity contribution in [1.82, 2.24) is 15.2 Å². The summed E-state index contributed by atoms with van der Waals surface area (Å²) in [5.41, 5.74) is 2.24. The zero-order valence-electron chi connectivity index (χ0n) is 12.7. The number of hydrogen-bond donors (Lipinski definition) is 1. The second-order valence-electron chi connectivity index (χ2n) is 5.27. The van der Waals surface area contributed by atoms with E-state index in [1.807, 2.05) is 38.4 Å². The van der Waals surface area contributed by atoms with E-state index in [9.17, 15) is 4.79 Å². The lowest BCUT2D eigenvalue weighted by atomic mass is 10.1. The van der Waals surface area contributed by atoms with Crippen molar-refractivity contribution in [3.63, 3.8) is 0 Å². The van der Waals surface area contributed by atoms with Gasteiger partial charge < -0.3 is 10.2 Å². The fraction of sp³-hybridized carbons (Fsp3) is 0.250. The number of aromatic nitrogens is 1. The van der Waals surface area contributed by atoms with E-state index < -0.39 is 5.91 Å². The fourth-order valence-electron chi connectivity index (χ4n) is 2.09. The minimum absolute atomic E-state index is 0.0539. The largest absolute Gasteiger partial charge is 0.347 e. The third-order valence-electron chi connectivity index (χ3n) is 3.18. The predicted octanol–water partition coefficient (Wildman–Crippen LogP) is 4.03. The highest BCUT2D eigenvalue weighted by Crippen LogP contribution is 2.31. The van der Waals surface area contributed by atoms with Crippen LogP contribution < -0.4 is 5.32 Å². The Balaban J connectivity index is 2.13. The maximum absolute atomic E-state index is 12.3. The van der Waals surface area contributed by atoms with Crippen molar-refractivity contribution < 1.29 is 4.79 Å². The van der Waals surface area contributed by atoms with Crippen LogP contribution in [0.3, 0.4) is 0 Å². The van der Waals surface area contributed by atoms with Gasteiger partial charge in [-0.05, 0) is 25.2 Å². The predicted molar refractivity (Wildman–Crippen MR) is 94.3 cm³/mol. The number of carbonyl (C=O) groups excluding carboxylic acids is 1. The minimum Gasteiger partial charge on any atom is -0.347 e. The van der Waals surface area contributed by atoms with Gasteiger partial charge in [0.15, 0.2) is 0 Å². The van der Waals surface area contributed by atoms with Gasteiger partial charge in [0.05, 0.1) is 15.1 Å². The number of halogens is 3. The number of nitrogens with one attached hydrogen (secondary N) is 1. The molecule has 1 heterocycles. The summed E-state index contributed by atoms with van der Waals surface area (Å²) in [6.07, 6.45) is 1.31. The lowest BCUT2D eigenvalue weighted by molar-refractivity contribution is 0.0946. The number of benzene rings is 1. The monoisotopic (exact) mass is 371 g/mol. The van der Waals surface area contributed by atoms with E-state index >= 15 is 0 Å². The molecule has 0 unspecified atom stereocenters. The van der Waals surface area contributed by atoms with E-state index in [2.05, 4.69) is 15.2 Å². The first-order valence-electron chi connectivity index (χ1n) is 6.89. The lowest BCUT2D eigenvalue weighted by Crippen LogP contribution is -2.25. The van der Waals surface area contributed by atoms with Crippen LogP contribution >= 0.6 is 34.8 Å². The Morgan fingerprint density at radius 1 is 1.13 bits per heavy atom. The number of carbonyl (C=O) groups is 1. The summed E-state index contributed by atoms with van der Waals surface area (Å²) >= 11 is 17.8. The van der Waals surface area contributed by atoms with Crippen LogP contribution in [-0.2, 0) is 13.1 Å². The third-order valence-corrected chi connectivity index (χ3v) is 4.42. The van der Waals surface area contributed by atoms with E-state index in [-0.39, 0.29) is 20.8 Å². The molecule has 0 radical (unpaired) electrons. The molecule has 122 valence electrons. The normalized spacial score (nSPS) is 10.9. The second-order valence-corrected chi connectivity index (χ2v) is 6.44. The van der Waals surface area contributed by atoms with Crippen LogP contribution in [0.4, 0.5) is 0 Å². The first kappa shape index (κ1) is 18.0. The van der Waals surface area contributed by atoms with E-state index in [4.69, 9.17) is 34.8 Å². The zero-order chi connectivity index (χ0) is 17.0. The maximum atomic E-state index is 12.3. The summed E-state index contributed by atoms with van der Waals surface area (Å²) in [4.78, 5) is 18.3. The van der Waals surface area contributed by atoms with Crippen molar-refractivity contribution >= 4 is 40.7 Å². The molecule has 0 saturated heterocycles. The Bertz CT molecular complexity index is 720. The Morgan fingerprint density at radius 2 is 1.78 bits per heavy atom. The highest BCUT2D eigenvalue weighted by molar-refractivity contribution is 6.48. The van der Waals surface area contributed by atoms with Crippen molar-refractivity contribution in [1.29, 1.82) is 0 Å². The highest BCUT2D eigenvalue weighted by atomic mass is 35.5. The number of hydrogen-bond acceptors (Lipinski definition) is 3. The summed E-state index contributed by atoms with van der Waals surface area (Å²) in [5, 5.41) is 3.20. The van der Waals surface area contributed by atoms with Crippen LogP contribution in [-0.4, -0.2) is 29.9 Å². The number of amides is 1. The molecule has 7 heteroatoms. The molecule has 0 fully saturated rings. The van der Waals surface area contributed by atoms with Crippen LogP contribution in [0.25, 0.3) is 0 Å². The maximum Gasteiger partial charge on any atom is 0.271 e. The van der Waals surface area contributed by atoms with Crippen LogP contribution in [0.15, 0.2) is 30.5 Å². The van der Waals surface area contributed by atoms with Crippen LogP contribution in [0.2, 0.25) is 15.1 Å². The summed E-state index contributed by atoms with van der Waals surface area (Å²) in [7, 11) is 3.99. The molecule has 1 N–H and O–H groups in total. The molecule has 2 rings (SSSR count). The summed E-state index contributed by atoms with van der Waals surface area (Å²) in [6, 6.07) is 7.92. The Labute approximate surface area is 150 Å². The molecule has 0 atom stereocenters. The molecule has 0 saturated carbocycles. The first-order valence-corrected chi connectivity index (χ1v) is 8.02. The van der Waals surface area contributed by atoms with Gasteiger partial charge in [0.25, 0.3) is 5.91 Å². The molecule has 1 amide bonds. The molecule has 2 aromatic rings. The van der Waals surface area contributed by atoms with E-state index in [1.54, 1.807) is 0 Å². The smallest absolute Gasteiger partial charge is 0.271 e. The lowest BCUT2D eigenvalue weighted by Gasteiger charge is -2.15. The van der Waals surface area contributed by atoms with Crippen molar-refractivity contribution in [3.8, 4) is 0 Å². The van der Waals surface area contributed by atoms with Gasteiger partial charge >= 0.3 is 0 Å². The molecule has 0 spiro atoms. The van der Waals surface area contributed by atoms with Crippen molar-refractivity contribution in [2.24, 2.45) is 0 Å². The van der Waals surface area contributed by atoms with Crippen molar-refractivity contribution in [2.45, 2.75) is 13.1 Å². The van der Waals surface area contributed by atoms with Crippen LogP contribution in [0, 0.1) is 0 Å². The molecule has 0 bridgehead atoms. The Hall–Kier alpha value is -1.33. The number of pyridine rings is 1. The van der Waals surface area contributed by atoms with Gasteiger partial charge in [-0.15, -0.1) is 0 Å². The van der Waals surface area contributed by atoms with Gasteiger partial charge in [-0.2, -0.15) is 0 Å². The van der Waals surface area contributed by atoms with Gasteiger partial charge in [0.2, 0.25) is 0 Å². The Morgan fingerprint density at radius 3 is 2.43 bits per heavy atom. The van der Waals surface area contributed by atoms with Crippen LogP contribution in [0.5, 0.6) is 0 Å². The first-order chi connectivity index (χ1) is 10.9. The summed E-state index contributed by atoms with van der Waals surface area (Å²) in [6.45, 7) is 1.17. The molecular weight excluding hydrogens is 357 g/mol. The number of rotatable bonds is 5. The third kappa shape index (κ3) is 4.58. The average molecular weight is 373 g/mol. The topological polar surface area (TPSA) is 45.2 Å². The van der Waals surface area contributed by atoms with Crippen molar-refractivity contribution in [3.05, 3.63) is 62.4 Å². The van der Waals surface area contributed by atoms with Gasteiger partial charge in [-0.1, -0.05) is 59.1 Å². The molecule has 0 aliphatic carbocycles. The second kappa shape index (κ2) is 7.97. The Kier molecular flexibility index (Phi) is 6.25. The summed E-state index contributed by atoms with van der Waals surface area (Å²) in [5.74, 6) is -0.395. The van der Waals surface area contributed by atoms with E-state index in [0.717, 1.165) is 17.7 Å². The molecule has 1 aromatic carbocycles. The highest BCUT2D eigenvalue weighted by Gasteiger charge is 2.17. The molecular formula is C16H16Cl3N3O.